The predicted molar refractivity (Wildman–Crippen MR) is 100 cm³/mol. The molecule has 1 amide bonds. The summed E-state index contributed by atoms with van der Waals surface area (Å²) in [5, 5.41) is 5.59. The molecule has 0 aliphatic rings. The van der Waals surface area contributed by atoms with E-state index in [-0.39, 0.29) is 12.3 Å². The third-order valence-corrected chi connectivity index (χ3v) is 4.59. The van der Waals surface area contributed by atoms with Crippen molar-refractivity contribution in [1.82, 2.24) is 9.97 Å². The van der Waals surface area contributed by atoms with Crippen LogP contribution in [0.1, 0.15) is 21.8 Å². The van der Waals surface area contributed by atoms with Gasteiger partial charge in [-0.1, -0.05) is 12.1 Å². The minimum absolute atomic E-state index is 0.181. The number of aryl methyl sites for hydroxylation is 1. The third-order valence-electron chi connectivity index (χ3n) is 3.68. The van der Waals surface area contributed by atoms with Gasteiger partial charge in [-0.2, -0.15) is 0 Å². The fourth-order valence-electron chi connectivity index (χ4n) is 2.39. The molecule has 2 heterocycles. The lowest BCUT2D eigenvalue weighted by Gasteiger charge is -2.09. The number of methoxy groups -OCH3 is 1. The van der Waals surface area contributed by atoms with Crippen LogP contribution in [-0.2, 0) is 16.0 Å². The van der Waals surface area contributed by atoms with Gasteiger partial charge in [0.05, 0.1) is 29.1 Å². The summed E-state index contributed by atoms with van der Waals surface area (Å²) in [5.74, 6) is -0.665. The summed E-state index contributed by atoms with van der Waals surface area (Å²) in [7, 11) is 1.31. The summed E-state index contributed by atoms with van der Waals surface area (Å²) >= 11 is 1.51. The number of nitrogens with one attached hydrogen (secondary N) is 1. The number of carbonyl (C=O) groups is 2. The number of hydrogen-bond acceptors (Lipinski definition) is 6. The second-order valence-corrected chi connectivity index (χ2v) is 6.40. The molecule has 0 radical (unpaired) electrons. The summed E-state index contributed by atoms with van der Waals surface area (Å²) in [5.41, 5.74) is 2.58. The van der Waals surface area contributed by atoms with Crippen LogP contribution >= 0.6 is 11.3 Å². The van der Waals surface area contributed by atoms with Gasteiger partial charge < -0.3 is 10.1 Å². The number of nitrogens with zero attached hydrogens (tertiary/aromatic N) is 2. The van der Waals surface area contributed by atoms with Gasteiger partial charge in [0.2, 0.25) is 5.91 Å². The minimum Gasteiger partial charge on any atom is -0.465 e. The van der Waals surface area contributed by atoms with E-state index in [0.29, 0.717) is 17.7 Å². The van der Waals surface area contributed by atoms with Crippen LogP contribution in [-0.4, -0.2) is 29.0 Å². The zero-order chi connectivity index (χ0) is 18.4. The van der Waals surface area contributed by atoms with Crippen molar-refractivity contribution >= 4 is 28.9 Å². The van der Waals surface area contributed by atoms with Gasteiger partial charge in [0, 0.05) is 36.2 Å². The monoisotopic (exact) mass is 367 g/mol. The van der Waals surface area contributed by atoms with Crippen LogP contribution < -0.4 is 5.32 Å². The van der Waals surface area contributed by atoms with Crippen LogP contribution in [0.25, 0.3) is 11.3 Å². The Balaban J connectivity index is 1.60. The van der Waals surface area contributed by atoms with Crippen molar-refractivity contribution < 1.29 is 14.3 Å². The molecule has 0 bridgehead atoms. The molecule has 0 saturated heterocycles. The Labute approximate surface area is 154 Å². The standard InChI is InChI=1S/C19H17N3O3S/c1-25-19(24)14-6-2-3-7-15(14)21-17(23)8-9-18-22-16(12-26-18)13-5-4-10-20-11-13/h2-7,10-12H,8-9H2,1H3,(H,21,23). The van der Waals surface area contributed by atoms with Crippen LogP contribution in [0.2, 0.25) is 0 Å². The lowest BCUT2D eigenvalue weighted by atomic mass is 10.1. The molecule has 0 aliphatic carbocycles. The molecule has 0 saturated carbocycles. The highest BCUT2D eigenvalue weighted by atomic mass is 32.1. The highest BCUT2D eigenvalue weighted by molar-refractivity contribution is 7.09. The molecule has 0 aliphatic heterocycles. The molecule has 1 aromatic carbocycles. The summed E-state index contributed by atoms with van der Waals surface area (Å²) in [6.07, 6.45) is 4.27. The molecule has 0 atom stereocenters. The van der Waals surface area contributed by atoms with Gasteiger partial charge in [0.25, 0.3) is 0 Å². The fraction of sp³-hybridized carbons (Fsp3) is 0.158. The number of amides is 1. The quantitative estimate of drug-likeness (QED) is 0.674. The Morgan fingerprint density at radius 3 is 2.81 bits per heavy atom. The number of esters is 1. The van der Waals surface area contributed by atoms with Crippen molar-refractivity contribution in [2.24, 2.45) is 0 Å². The Kier molecular flexibility index (Phi) is 5.70. The zero-order valence-electron chi connectivity index (χ0n) is 14.1. The van der Waals surface area contributed by atoms with Crippen LogP contribution in [0.4, 0.5) is 5.69 Å². The topological polar surface area (TPSA) is 81.2 Å². The van der Waals surface area contributed by atoms with E-state index < -0.39 is 5.97 Å². The largest absolute Gasteiger partial charge is 0.465 e. The minimum atomic E-state index is -0.484. The number of anilines is 1. The second-order valence-electron chi connectivity index (χ2n) is 5.45. The maximum Gasteiger partial charge on any atom is 0.339 e. The van der Waals surface area contributed by atoms with E-state index in [1.165, 1.54) is 18.4 Å². The first kappa shape index (κ1) is 17.8. The lowest BCUT2D eigenvalue weighted by molar-refractivity contribution is -0.116. The van der Waals surface area contributed by atoms with Gasteiger partial charge in [-0.05, 0) is 24.3 Å². The van der Waals surface area contributed by atoms with E-state index in [4.69, 9.17) is 4.74 Å². The van der Waals surface area contributed by atoms with E-state index in [1.807, 2.05) is 17.5 Å². The van der Waals surface area contributed by atoms with E-state index in [2.05, 4.69) is 15.3 Å². The third kappa shape index (κ3) is 4.31. The zero-order valence-corrected chi connectivity index (χ0v) is 15.0. The number of thiazole rings is 1. The Hall–Kier alpha value is -3.06. The summed E-state index contributed by atoms with van der Waals surface area (Å²) in [6.45, 7) is 0. The summed E-state index contributed by atoms with van der Waals surface area (Å²) < 4.78 is 4.73. The molecule has 1 N–H and O–H groups in total. The first-order valence-corrected chi connectivity index (χ1v) is 8.87. The molecular weight excluding hydrogens is 350 g/mol. The Bertz CT molecular complexity index is 909. The van der Waals surface area contributed by atoms with E-state index >= 15 is 0 Å². The molecule has 7 heteroatoms. The first-order chi connectivity index (χ1) is 12.7. The Morgan fingerprint density at radius 2 is 2.04 bits per heavy atom. The summed E-state index contributed by atoms with van der Waals surface area (Å²) in [6, 6.07) is 10.6. The second kappa shape index (κ2) is 8.35. The lowest BCUT2D eigenvalue weighted by Crippen LogP contribution is -2.15. The number of aromatic nitrogens is 2. The molecule has 132 valence electrons. The number of hydrogen-bond donors (Lipinski definition) is 1. The van der Waals surface area contributed by atoms with Crippen molar-refractivity contribution in [1.29, 1.82) is 0 Å². The van der Waals surface area contributed by atoms with Gasteiger partial charge in [0.15, 0.2) is 0 Å². The normalized spacial score (nSPS) is 10.3. The predicted octanol–water partition coefficient (Wildman–Crippen LogP) is 3.56. The molecule has 0 spiro atoms. The number of pyridine rings is 1. The molecule has 0 unspecified atom stereocenters. The van der Waals surface area contributed by atoms with Crippen molar-refractivity contribution in [3.63, 3.8) is 0 Å². The number of ether oxygens (including phenoxy) is 1. The number of carbonyl (C=O) groups excluding carboxylic acids is 2. The highest BCUT2D eigenvalue weighted by Crippen LogP contribution is 2.22. The van der Waals surface area contributed by atoms with Crippen LogP contribution in [0, 0.1) is 0 Å². The molecule has 3 rings (SSSR count). The Morgan fingerprint density at radius 1 is 1.19 bits per heavy atom. The van der Waals surface area contributed by atoms with Crippen LogP contribution in [0.5, 0.6) is 0 Å². The van der Waals surface area contributed by atoms with Gasteiger partial charge in [-0.25, -0.2) is 9.78 Å². The summed E-state index contributed by atoms with van der Waals surface area (Å²) in [4.78, 5) is 32.6. The van der Waals surface area contributed by atoms with Gasteiger partial charge >= 0.3 is 5.97 Å². The maximum absolute atomic E-state index is 12.2. The molecule has 0 fully saturated rings. The van der Waals surface area contributed by atoms with Crippen LogP contribution in [0.15, 0.2) is 54.2 Å². The fourth-order valence-corrected chi connectivity index (χ4v) is 3.19. The van der Waals surface area contributed by atoms with Gasteiger partial charge in [-0.3, -0.25) is 9.78 Å². The average molecular weight is 367 g/mol. The smallest absolute Gasteiger partial charge is 0.339 e. The van der Waals surface area contributed by atoms with Crippen LogP contribution in [0.3, 0.4) is 0 Å². The van der Waals surface area contributed by atoms with E-state index in [0.717, 1.165) is 16.3 Å². The number of para-hydroxylation sites is 1. The average Bonchev–Trinajstić information content (AvgIpc) is 3.16. The molecule has 26 heavy (non-hydrogen) atoms. The van der Waals surface area contributed by atoms with Gasteiger partial charge in [-0.15, -0.1) is 11.3 Å². The van der Waals surface area contributed by atoms with Crippen molar-refractivity contribution in [3.05, 3.63) is 64.7 Å². The maximum atomic E-state index is 12.2. The van der Waals surface area contributed by atoms with Gasteiger partial charge in [0.1, 0.15) is 0 Å². The SMILES string of the molecule is COC(=O)c1ccccc1NC(=O)CCc1nc(-c2cccnc2)cs1. The number of benzene rings is 1. The first-order valence-electron chi connectivity index (χ1n) is 7.99. The molecular formula is C19H17N3O3S. The van der Waals surface area contributed by atoms with E-state index in [9.17, 15) is 9.59 Å². The molecule has 3 aromatic rings. The highest BCUT2D eigenvalue weighted by Gasteiger charge is 2.14. The van der Waals surface area contributed by atoms with Crippen molar-refractivity contribution in [2.75, 3.05) is 12.4 Å². The molecule has 6 nitrogen and oxygen atoms in total. The van der Waals surface area contributed by atoms with E-state index in [1.54, 1.807) is 36.7 Å². The number of rotatable bonds is 6. The van der Waals surface area contributed by atoms with Crippen molar-refractivity contribution in [2.45, 2.75) is 12.8 Å². The molecule has 2 aromatic heterocycles. The van der Waals surface area contributed by atoms with Crippen molar-refractivity contribution in [3.8, 4) is 11.3 Å².